The third-order valence-corrected chi connectivity index (χ3v) is 6.74. The van der Waals surface area contributed by atoms with Gasteiger partial charge in [-0.2, -0.15) is 9.34 Å². The van der Waals surface area contributed by atoms with Crippen molar-refractivity contribution in [2.24, 2.45) is 0 Å². The Bertz CT molecular complexity index is 115. The lowest BCUT2D eigenvalue weighted by Crippen LogP contribution is -2.35. The Labute approximate surface area is 84.7 Å². The highest BCUT2D eigenvalue weighted by Gasteiger charge is 2.37. The van der Waals surface area contributed by atoms with Gasteiger partial charge in [0.05, 0.1) is 13.3 Å². The van der Waals surface area contributed by atoms with Crippen LogP contribution in [0.1, 0.15) is 27.7 Å². The Kier molecular flexibility index (Phi) is 6.11. The first-order chi connectivity index (χ1) is 6.04. The van der Waals surface area contributed by atoms with Crippen LogP contribution >= 0.6 is 7.56 Å². The maximum Gasteiger partial charge on any atom is 0.146 e. The molecule has 0 rings (SSSR count). The van der Waals surface area contributed by atoms with Gasteiger partial charge in [0, 0.05) is 26.2 Å². The summed E-state index contributed by atoms with van der Waals surface area (Å²) >= 11 is 0. The van der Waals surface area contributed by atoms with E-state index in [0.29, 0.717) is 0 Å². The minimum atomic E-state index is -0.996. The maximum absolute atomic E-state index is 2.61. The summed E-state index contributed by atoms with van der Waals surface area (Å²) in [6, 6.07) is 0. The molecule has 0 heterocycles. The quantitative estimate of drug-likeness (QED) is 0.615. The molecule has 0 aromatic heterocycles. The second kappa shape index (κ2) is 5.95. The van der Waals surface area contributed by atoms with Gasteiger partial charge in [-0.05, 0) is 27.7 Å². The van der Waals surface area contributed by atoms with Crippen LogP contribution in [0.4, 0.5) is 0 Å². The smallest absolute Gasteiger partial charge is 0.146 e. The predicted molar refractivity (Wildman–Crippen MR) is 64.6 cm³/mol. The molecule has 0 amide bonds. The average Bonchev–Trinajstić information content (AvgIpc) is 2.07. The Balaban J connectivity index is 4.48. The van der Waals surface area contributed by atoms with Gasteiger partial charge in [-0.1, -0.05) is 0 Å². The lowest BCUT2D eigenvalue weighted by molar-refractivity contribution is 0.413. The molecule has 0 aliphatic rings. The summed E-state index contributed by atoms with van der Waals surface area (Å²) in [4.78, 5) is 0. The Morgan fingerprint density at radius 2 is 0.923 bits per heavy atom. The number of nitrogens with zero attached hydrogens (tertiary/aromatic N) is 2. The fraction of sp³-hybridized carbons (Fsp3) is 1.00. The molecule has 0 atom stereocenters. The maximum atomic E-state index is 2.61. The first-order valence-electron chi connectivity index (χ1n) is 5.39. The molecule has 0 fully saturated rings. The molecule has 80 valence electrons. The zero-order valence-electron chi connectivity index (χ0n) is 10.2. The largest absolute Gasteiger partial charge is 0.165 e. The van der Waals surface area contributed by atoms with Gasteiger partial charge >= 0.3 is 0 Å². The first-order valence-corrected chi connectivity index (χ1v) is 7.98. The van der Waals surface area contributed by atoms with E-state index in [2.05, 4.69) is 50.4 Å². The molecule has 0 bridgehead atoms. The fourth-order valence-corrected chi connectivity index (χ4v) is 5.14. The van der Waals surface area contributed by atoms with Gasteiger partial charge in [0.2, 0.25) is 0 Å². The van der Waals surface area contributed by atoms with Crippen LogP contribution in [0.3, 0.4) is 0 Å². The van der Waals surface area contributed by atoms with Crippen molar-refractivity contribution in [3.63, 3.8) is 0 Å². The van der Waals surface area contributed by atoms with E-state index in [1.165, 1.54) is 26.2 Å². The molecule has 0 radical (unpaired) electrons. The molecular formula is C10H26N2P+. The standard InChI is InChI=1S/C10H26N2P/c1-7-11(8-2)13(5,6)12(9-3)10-4/h7-10H2,1-6H3/q+1. The van der Waals surface area contributed by atoms with Crippen LogP contribution in [0.5, 0.6) is 0 Å². The third-order valence-electron chi connectivity index (χ3n) is 2.84. The van der Waals surface area contributed by atoms with Crippen molar-refractivity contribution in [3.8, 4) is 0 Å². The molecule has 0 aliphatic carbocycles. The molecule has 0 saturated heterocycles. The Morgan fingerprint density at radius 3 is 1.08 bits per heavy atom. The van der Waals surface area contributed by atoms with E-state index in [9.17, 15) is 0 Å². The van der Waals surface area contributed by atoms with Crippen molar-refractivity contribution in [1.29, 1.82) is 0 Å². The molecule has 3 heteroatoms. The van der Waals surface area contributed by atoms with E-state index in [0.717, 1.165) is 0 Å². The van der Waals surface area contributed by atoms with Gasteiger partial charge in [0.15, 0.2) is 0 Å². The first kappa shape index (κ1) is 13.4. The van der Waals surface area contributed by atoms with Crippen LogP contribution < -0.4 is 0 Å². The van der Waals surface area contributed by atoms with Gasteiger partial charge in [0.25, 0.3) is 0 Å². The molecule has 0 aliphatic heterocycles. The molecule has 0 unspecified atom stereocenters. The van der Waals surface area contributed by atoms with E-state index in [1.54, 1.807) is 0 Å². The molecule has 0 aromatic rings. The minimum absolute atomic E-state index is 0.996. The fourth-order valence-electron chi connectivity index (χ4n) is 2.01. The van der Waals surface area contributed by atoms with Crippen molar-refractivity contribution < 1.29 is 0 Å². The monoisotopic (exact) mass is 205 g/mol. The van der Waals surface area contributed by atoms with Crippen LogP contribution in [-0.4, -0.2) is 48.8 Å². The summed E-state index contributed by atoms with van der Waals surface area (Å²) in [6.45, 7) is 18.6. The molecular weight excluding hydrogens is 179 g/mol. The highest BCUT2D eigenvalue weighted by Crippen LogP contribution is 2.57. The normalized spacial score (nSPS) is 12.9. The van der Waals surface area contributed by atoms with Crippen molar-refractivity contribution in [2.75, 3.05) is 39.5 Å². The van der Waals surface area contributed by atoms with E-state index in [-0.39, 0.29) is 0 Å². The average molecular weight is 205 g/mol. The number of hydrogen-bond acceptors (Lipinski definition) is 2. The van der Waals surface area contributed by atoms with Gasteiger partial charge in [-0.3, -0.25) is 0 Å². The Morgan fingerprint density at radius 1 is 0.692 bits per heavy atom. The zero-order chi connectivity index (χ0) is 10.5. The summed E-state index contributed by atoms with van der Waals surface area (Å²) in [5, 5.41) is 0. The lowest BCUT2D eigenvalue weighted by Gasteiger charge is -2.36. The molecule has 0 N–H and O–H groups in total. The molecule has 0 spiro atoms. The highest BCUT2D eigenvalue weighted by atomic mass is 31.2. The summed E-state index contributed by atoms with van der Waals surface area (Å²) in [7, 11) is -0.996. The summed E-state index contributed by atoms with van der Waals surface area (Å²) in [5.41, 5.74) is 0. The van der Waals surface area contributed by atoms with Crippen LogP contribution in [-0.2, 0) is 0 Å². The van der Waals surface area contributed by atoms with Crippen molar-refractivity contribution in [3.05, 3.63) is 0 Å². The summed E-state index contributed by atoms with van der Waals surface area (Å²) in [6.07, 6.45) is 0. The molecule has 2 nitrogen and oxygen atoms in total. The predicted octanol–water partition coefficient (Wildman–Crippen LogP) is 2.78. The second-order valence-corrected chi connectivity index (χ2v) is 7.42. The van der Waals surface area contributed by atoms with Crippen LogP contribution in [0.25, 0.3) is 0 Å². The third kappa shape index (κ3) is 3.19. The SMILES string of the molecule is CCN(CC)[P+](C)(C)N(CC)CC. The topological polar surface area (TPSA) is 6.48 Å². The van der Waals surface area contributed by atoms with Crippen molar-refractivity contribution in [1.82, 2.24) is 9.34 Å². The molecule has 13 heavy (non-hydrogen) atoms. The Hall–Kier alpha value is 0.350. The summed E-state index contributed by atoms with van der Waals surface area (Å²) < 4.78 is 5.22. The van der Waals surface area contributed by atoms with Crippen LogP contribution in [0.2, 0.25) is 0 Å². The van der Waals surface area contributed by atoms with E-state index < -0.39 is 7.56 Å². The van der Waals surface area contributed by atoms with Gasteiger partial charge in [0.1, 0.15) is 7.56 Å². The van der Waals surface area contributed by atoms with Crippen LogP contribution in [0.15, 0.2) is 0 Å². The van der Waals surface area contributed by atoms with Gasteiger partial charge < -0.3 is 0 Å². The molecule has 0 aromatic carbocycles. The van der Waals surface area contributed by atoms with Gasteiger partial charge in [-0.25, -0.2) is 0 Å². The lowest BCUT2D eigenvalue weighted by atomic mass is 10.7. The minimum Gasteiger partial charge on any atom is -0.165 e. The van der Waals surface area contributed by atoms with E-state index in [4.69, 9.17) is 0 Å². The second-order valence-electron chi connectivity index (χ2n) is 3.61. The number of hydrogen-bond donors (Lipinski definition) is 0. The van der Waals surface area contributed by atoms with E-state index in [1.807, 2.05) is 0 Å². The van der Waals surface area contributed by atoms with Crippen LogP contribution in [0, 0.1) is 0 Å². The summed E-state index contributed by atoms with van der Waals surface area (Å²) in [5.74, 6) is 0. The van der Waals surface area contributed by atoms with Crippen molar-refractivity contribution >= 4 is 7.56 Å². The van der Waals surface area contributed by atoms with E-state index >= 15 is 0 Å². The highest BCUT2D eigenvalue weighted by molar-refractivity contribution is 7.69. The molecule has 0 saturated carbocycles. The number of rotatable bonds is 6. The zero-order valence-corrected chi connectivity index (χ0v) is 11.1. The van der Waals surface area contributed by atoms with Gasteiger partial charge in [-0.15, -0.1) is 0 Å². The van der Waals surface area contributed by atoms with Crippen molar-refractivity contribution in [2.45, 2.75) is 27.7 Å².